The smallest absolute Gasteiger partial charge is 0.319 e. The fourth-order valence-corrected chi connectivity index (χ4v) is 1.48. The van der Waals surface area contributed by atoms with Crippen molar-refractivity contribution in [2.24, 2.45) is 0 Å². The zero-order valence-electron chi connectivity index (χ0n) is 12.1. The number of carbonyl (C=O) groups excluding carboxylic acids is 1. The van der Waals surface area contributed by atoms with Crippen molar-refractivity contribution in [3.05, 3.63) is 24.3 Å². The van der Waals surface area contributed by atoms with Gasteiger partial charge in [-0.1, -0.05) is 6.07 Å². The van der Waals surface area contributed by atoms with Crippen LogP contribution in [0.4, 0.5) is 10.5 Å². The first kappa shape index (κ1) is 15.3. The van der Waals surface area contributed by atoms with Crippen molar-refractivity contribution in [1.29, 1.82) is 0 Å². The molecule has 2 N–H and O–H groups in total. The van der Waals surface area contributed by atoms with Crippen LogP contribution in [0.1, 0.15) is 13.8 Å². The zero-order chi connectivity index (χ0) is 14.3. The molecule has 0 fully saturated rings. The summed E-state index contributed by atoms with van der Waals surface area (Å²) in [6.07, 6.45) is 0. The van der Waals surface area contributed by atoms with E-state index < -0.39 is 0 Å². The van der Waals surface area contributed by atoms with Gasteiger partial charge in [0.15, 0.2) is 0 Å². The molecule has 0 unspecified atom stereocenters. The Morgan fingerprint density at radius 2 is 2.16 bits per heavy atom. The lowest BCUT2D eigenvalue weighted by atomic mass is 10.3. The van der Waals surface area contributed by atoms with E-state index in [1.807, 2.05) is 25.2 Å². The Morgan fingerprint density at radius 3 is 2.79 bits per heavy atom. The first-order valence-electron chi connectivity index (χ1n) is 6.42. The molecule has 5 nitrogen and oxygen atoms in total. The highest BCUT2D eigenvalue weighted by Crippen LogP contribution is 2.16. The molecule has 1 aromatic carbocycles. The number of hydrogen-bond acceptors (Lipinski definition) is 3. The summed E-state index contributed by atoms with van der Waals surface area (Å²) in [5.74, 6) is 0.720. The predicted molar refractivity (Wildman–Crippen MR) is 77.8 cm³/mol. The highest BCUT2D eigenvalue weighted by molar-refractivity contribution is 5.89. The van der Waals surface area contributed by atoms with Gasteiger partial charge in [0.2, 0.25) is 0 Å². The molecule has 1 rings (SSSR count). The number of carbonyl (C=O) groups is 1. The number of anilines is 1. The summed E-state index contributed by atoms with van der Waals surface area (Å²) in [4.78, 5) is 13.9. The Balaban J connectivity index is 2.34. The van der Waals surface area contributed by atoms with Crippen LogP contribution in [-0.2, 0) is 0 Å². The quantitative estimate of drug-likeness (QED) is 0.828. The van der Waals surface area contributed by atoms with Crippen LogP contribution in [0, 0.1) is 0 Å². The van der Waals surface area contributed by atoms with Gasteiger partial charge in [0.25, 0.3) is 0 Å². The summed E-state index contributed by atoms with van der Waals surface area (Å²) in [6, 6.07) is 7.54. The highest BCUT2D eigenvalue weighted by Gasteiger charge is 2.05. The molecule has 19 heavy (non-hydrogen) atoms. The van der Waals surface area contributed by atoms with Gasteiger partial charge in [0.1, 0.15) is 5.75 Å². The normalized spacial score (nSPS) is 10.6. The van der Waals surface area contributed by atoms with E-state index in [4.69, 9.17) is 4.74 Å². The number of nitrogens with one attached hydrogen (secondary N) is 2. The molecule has 0 aromatic heterocycles. The lowest BCUT2D eigenvalue weighted by Crippen LogP contribution is -2.37. The minimum absolute atomic E-state index is 0.203. The molecule has 106 valence electrons. The predicted octanol–water partition coefficient (Wildman–Crippen LogP) is 2.16. The topological polar surface area (TPSA) is 53.6 Å². The lowest BCUT2D eigenvalue weighted by Gasteiger charge is -2.20. The maximum absolute atomic E-state index is 11.7. The fraction of sp³-hybridized carbons (Fsp3) is 0.500. The Hall–Kier alpha value is -1.75. The van der Waals surface area contributed by atoms with Crippen LogP contribution >= 0.6 is 0 Å². The summed E-state index contributed by atoms with van der Waals surface area (Å²) >= 11 is 0. The molecule has 0 aliphatic heterocycles. The van der Waals surface area contributed by atoms with Crippen LogP contribution in [0.2, 0.25) is 0 Å². The number of urea groups is 1. The number of amides is 2. The monoisotopic (exact) mass is 265 g/mol. The maximum atomic E-state index is 11.7. The van der Waals surface area contributed by atoms with E-state index in [0.29, 0.717) is 18.3 Å². The van der Waals surface area contributed by atoms with Gasteiger partial charge in [-0.05, 0) is 33.0 Å². The summed E-state index contributed by atoms with van der Waals surface area (Å²) < 4.78 is 5.10. The highest BCUT2D eigenvalue weighted by atomic mass is 16.5. The molecule has 0 heterocycles. The maximum Gasteiger partial charge on any atom is 0.319 e. The van der Waals surface area contributed by atoms with Gasteiger partial charge in [-0.2, -0.15) is 0 Å². The van der Waals surface area contributed by atoms with Crippen LogP contribution in [0.25, 0.3) is 0 Å². The van der Waals surface area contributed by atoms with Gasteiger partial charge in [-0.25, -0.2) is 4.79 Å². The Bertz CT molecular complexity index is 407. The van der Waals surface area contributed by atoms with Gasteiger partial charge < -0.3 is 20.3 Å². The number of hydrogen-bond donors (Lipinski definition) is 2. The SMILES string of the molecule is COc1cccc(NC(=O)NCCN(C)C(C)C)c1. The third kappa shape index (κ3) is 5.61. The number of nitrogens with zero attached hydrogens (tertiary/aromatic N) is 1. The average Bonchev–Trinajstić information content (AvgIpc) is 2.38. The van der Waals surface area contributed by atoms with Crippen molar-refractivity contribution in [2.75, 3.05) is 32.6 Å². The van der Waals surface area contributed by atoms with Crippen LogP contribution in [0.15, 0.2) is 24.3 Å². The third-order valence-corrected chi connectivity index (χ3v) is 2.96. The Labute approximate surface area is 114 Å². The first-order chi connectivity index (χ1) is 9.02. The van der Waals surface area contributed by atoms with E-state index in [0.717, 1.165) is 12.3 Å². The van der Waals surface area contributed by atoms with Crippen molar-refractivity contribution < 1.29 is 9.53 Å². The van der Waals surface area contributed by atoms with E-state index in [-0.39, 0.29) is 6.03 Å². The molecule has 0 aliphatic carbocycles. The number of methoxy groups -OCH3 is 1. The second kappa shape index (κ2) is 7.63. The van der Waals surface area contributed by atoms with E-state index in [1.54, 1.807) is 13.2 Å². The molecule has 0 saturated heterocycles. The average molecular weight is 265 g/mol. The molecular weight excluding hydrogens is 242 g/mol. The Kier molecular flexibility index (Phi) is 6.15. The number of likely N-dealkylation sites (N-methyl/N-ethyl adjacent to an activating group) is 1. The molecule has 0 saturated carbocycles. The second-order valence-corrected chi connectivity index (χ2v) is 4.69. The van der Waals surface area contributed by atoms with E-state index in [1.165, 1.54) is 0 Å². The molecule has 0 aliphatic rings. The van der Waals surface area contributed by atoms with E-state index in [9.17, 15) is 4.79 Å². The van der Waals surface area contributed by atoms with Crippen LogP contribution in [0.5, 0.6) is 5.75 Å². The molecular formula is C14H23N3O2. The summed E-state index contributed by atoms with van der Waals surface area (Å²) in [5, 5.41) is 5.59. The minimum Gasteiger partial charge on any atom is -0.497 e. The number of benzene rings is 1. The van der Waals surface area contributed by atoms with Gasteiger partial charge >= 0.3 is 6.03 Å². The zero-order valence-corrected chi connectivity index (χ0v) is 12.1. The molecule has 0 bridgehead atoms. The number of rotatable bonds is 6. The molecule has 1 aromatic rings. The van der Waals surface area contributed by atoms with E-state index in [2.05, 4.69) is 29.4 Å². The van der Waals surface area contributed by atoms with Crippen LogP contribution < -0.4 is 15.4 Å². The van der Waals surface area contributed by atoms with Crippen LogP contribution in [-0.4, -0.2) is 44.2 Å². The molecule has 0 atom stereocenters. The largest absolute Gasteiger partial charge is 0.497 e. The Morgan fingerprint density at radius 1 is 1.42 bits per heavy atom. The molecule has 0 radical (unpaired) electrons. The van der Waals surface area contributed by atoms with Crippen molar-refractivity contribution in [2.45, 2.75) is 19.9 Å². The summed E-state index contributed by atoms with van der Waals surface area (Å²) in [5.41, 5.74) is 0.717. The molecule has 5 heteroatoms. The van der Waals surface area contributed by atoms with Crippen LogP contribution in [0.3, 0.4) is 0 Å². The van der Waals surface area contributed by atoms with Crippen molar-refractivity contribution in [1.82, 2.24) is 10.2 Å². The molecule has 2 amide bonds. The van der Waals surface area contributed by atoms with Crippen molar-refractivity contribution >= 4 is 11.7 Å². The van der Waals surface area contributed by atoms with Gasteiger partial charge in [0.05, 0.1) is 7.11 Å². The van der Waals surface area contributed by atoms with Gasteiger partial charge in [0, 0.05) is 30.9 Å². The lowest BCUT2D eigenvalue weighted by molar-refractivity contribution is 0.244. The minimum atomic E-state index is -0.203. The third-order valence-electron chi connectivity index (χ3n) is 2.96. The standard InChI is InChI=1S/C14H23N3O2/c1-11(2)17(3)9-8-15-14(18)16-12-6-5-7-13(10-12)19-4/h5-7,10-11H,8-9H2,1-4H3,(H2,15,16,18). The van der Waals surface area contributed by atoms with Crippen molar-refractivity contribution in [3.63, 3.8) is 0 Å². The number of ether oxygens (including phenoxy) is 1. The first-order valence-corrected chi connectivity index (χ1v) is 6.42. The van der Waals surface area contributed by atoms with Gasteiger partial charge in [-0.3, -0.25) is 0 Å². The van der Waals surface area contributed by atoms with Gasteiger partial charge in [-0.15, -0.1) is 0 Å². The van der Waals surface area contributed by atoms with E-state index >= 15 is 0 Å². The summed E-state index contributed by atoms with van der Waals surface area (Å²) in [6.45, 7) is 5.68. The molecule has 0 spiro atoms. The summed E-state index contributed by atoms with van der Waals surface area (Å²) in [7, 11) is 3.63. The fourth-order valence-electron chi connectivity index (χ4n) is 1.48. The van der Waals surface area contributed by atoms with Crippen molar-refractivity contribution in [3.8, 4) is 5.75 Å². The second-order valence-electron chi connectivity index (χ2n) is 4.69.